The van der Waals surface area contributed by atoms with E-state index in [1.54, 1.807) is 0 Å². The topological polar surface area (TPSA) is 12.5 Å². The van der Waals surface area contributed by atoms with Crippen LogP contribution in [-0.2, 0) is 13.0 Å². The fourth-order valence-electron chi connectivity index (χ4n) is 3.21. The molecule has 3 heteroatoms. The predicted octanol–water partition coefficient (Wildman–Crippen LogP) is 2.98. The average molecular weight is 294 g/mol. The third-order valence-electron chi connectivity index (χ3n) is 4.29. The third-order valence-corrected chi connectivity index (χ3v) is 4.75. The van der Waals surface area contributed by atoms with Crippen molar-refractivity contribution in [3.63, 3.8) is 0 Å². The van der Waals surface area contributed by atoms with Gasteiger partial charge in [0, 0.05) is 36.1 Å². The normalized spacial score (nSPS) is 24.3. The maximum absolute atomic E-state index is 5.77. The SMILES string of the molecule is Brc1cc2c(c(CN3CC4(CC4)C3)c1)OCC2. The number of ether oxygens (including phenoxy) is 1. The minimum absolute atomic E-state index is 0.746. The molecule has 1 saturated carbocycles. The minimum atomic E-state index is 0.746. The summed E-state index contributed by atoms with van der Waals surface area (Å²) in [4.78, 5) is 2.55. The number of benzene rings is 1. The van der Waals surface area contributed by atoms with Crippen molar-refractivity contribution in [3.8, 4) is 5.75 Å². The Hall–Kier alpha value is -0.540. The molecular formula is C14H16BrNO. The van der Waals surface area contributed by atoms with Crippen LogP contribution in [0, 0.1) is 5.41 Å². The first kappa shape index (κ1) is 10.4. The molecule has 0 radical (unpaired) electrons. The maximum Gasteiger partial charge on any atom is 0.127 e. The van der Waals surface area contributed by atoms with Crippen molar-refractivity contribution in [2.24, 2.45) is 5.41 Å². The molecule has 1 aromatic carbocycles. The second-order valence-corrected chi connectivity index (χ2v) is 6.71. The highest BCUT2D eigenvalue weighted by Gasteiger charge is 2.51. The van der Waals surface area contributed by atoms with E-state index < -0.39 is 0 Å². The van der Waals surface area contributed by atoms with Gasteiger partial charge in [0.15, 0.2) is 0 Å². The van der Waals surface area contributed by atoms with Gasteiger partial charge in [-0.25, -0.2) is 0 Å². The lowest BCUT2D eigenvalue weighted by Gasteiger charge is -2.40. The van der Waals surface area contributed by atoms with E-state index in [0.717, 1.165) is 30.7 Å². The summed E-state index contributed by atoms with van der Waals surface area (Å²) in [5.74, 6) is 1.16. The molecule has 1 aromatic rings. The largest absolute Gasteiger partial charge is 0.493 e. The highest BCUT2D eigenvalue weighted by Crippen LogP contribution is 2.53. The second kappa shape index (κ2) is 3.48. The number of fused-ring (bicyclic) bond motifs is 1. The Kier molecular flexibility index (Phi) is 2.13. The molecule has 2 nitrogen and oxygen atoms in total. The monoisotopic (exact) mass is 293 g/mol. The quantitative estimate of drug-likeness (QED) is 0.831. The number of nitrogens with zero attached hydrogens (tertiary/aromatic N) is 1. The van der Waals surface area contributed by atoms with Gasteiger partial charge in [0.1, 0.15) is 5.75 Å². The molecule has 1 aliphatic carbocycles. The standard InChI is InChI=1S/C14H16BrNO/c15-12-5-10-1-4-17-13(10)11(6-12)7-16-8-14(9-16)2-3-14/h5-6H,1-4,7-9H2. The molecule has 4 rings (SSSR count). The number of likely N-dealkylation sites (tertiary alicyclic amines) is 1. The van der Waals surface area contributed by atoms with Gasteiger partial charge in [0.05, 0.1) is 6.61 Å². The van der Waals surface area contributed by atoms with Gasteiger partial charge in [-0.1, -0.05) is 15.9 Å². The predicted molar refractivity (Wildman–Crippen MR) is 70.3 cm³/mol. The van der Waals surface area contributed by atoms with Gasteiger partial charge in [-0.2, -0.15) is 0 Å². The van der Waals surface area contributed by atoms with Crippen LogP contribution in [0.1, 0.15) is 24.0 Å². The molecule has 1 saturated heterocycles. The Labute approximate surface area is 110 Å². The van der Waals surface area contributed by atoms with Gasteiger partial charge in [-0.3, -0.25) is 4.90 Å². The summed E-state index contributed by atoms with van der Waals surface area (Å²) in [7, 11) is 0. The Bertz CT molecular complexity index is 473. The number of rotatable bonds is 2. The van der Waals surface area contributed by atoms with Gasteiger partial charge in [0.25, 0.3) is 0 Å². The zero-order valence-corrected chi connectivity index (χ0v) is 11.4. The van der Waals surface area contributed by atoms with E-state index in [2.05, 4.69) is 33.0 Å². The lowest BCUT2D eigenvalue weighted by molar-refractivity contribution is 0.0730. The molecule has 0 amide bonds. The van der Waals surface area contributed by atoms with Crippen molar-refractivity contribution >= 4 is 15.9 Å². The molecule has 2 fully saturated rings. The van der Waals surface area contributed by atoms with Crippen molar-refractivity contribution < 1.29 is 4.74 Å². The zero-order valence-electron chi connectivity index (χ0n) is 9.84. The van der Waals surface area contributed by atoms with Crippen LogP contribution in [0.25, 0.3) is 0 Å². The molecule has 1 spiro atoms. The Morgan fingerprint density at radius 3 is 2.88 bits per heavy atom. The smallest absolute Gasteiger partial charge is 0.127 e. The van der Waals surface area contributed by atoms with Crippen molar-refractivity contribution in [2.75, 3.05) is 19.7 Å². The van der Waals surface area contributed by atoms with Crippen LogP contribution in [0.3, 0.4) is 0 Å². The summed E-state index contributed by atoms with van der Waals surface area (Å²) in [5.41, 5.74) is 3.48. The summed E-state index contributed by atoms with van der Waals surface area (Å²) in [6.45, 7) is 4.51. The summed E-state index contributed by atoms with van der Waals surface area (Å²) in [6.07, 6.45) is 3.97. The van der Waals surface area contributed by atoms with Gasteiger partial charge in [-0.15, -0.1) is 0 Å². The molecule has 17 heavy (non-hydrogen) atoms. The van der Waals surface area contributed by atoms with E-state index in [1.165, 1.54) is 41.5 Å². The molecule has 0 aromatic heterocycles. The zero-order chi connectivity index (χ0) is 11.5. The molecular weight excluding hydrogens is 278 g/mol. The van der Waals surface area contributed by atoms with E-state index in [-0.39, 0.29) is 0 Å². The van der Waals surface area contributed by atoms with Crippen molar-refractivity contribution in [1.82, 2.24) is 4.90 Å². The van der Waals surface area contributed by atoms with E-state index in [9.17, 15) is 0 Å². The highest BCUT2D eigenvalue weighted by atomic mass is 79.9. The van der Waals surface area contributed by atoms with E-state index in [1.807, 2.05) is 0 Å². The average Bonchev–Trinajstić information content (AvgIpc) is 2.88. The summed E-state index contributed by atoms with van der Waals surface area (Å²) < 4.78 is 6.97. The van der Waals surface area contributed by atoms with Crippen LogP contribution >= 0.6 is 15.9 Å². The van der Waals surface area contributed by atoms with E-state index in [0.29, 0.717) is 0 Å². The molecule has 3 aliphatic rings. The summed E-state index contributed by atoms with van der Waals surface area (Å²) >= 11 is 3.61. The fraction of sp³-hybridized carbons (Fsp3) is 0.571. The lowest BCUT2D eigenvalue weighted by atomic mass is 9.95. The first-order valence-corrected chi connectivity index (χ1v) is 7.20. The molecule has 2 aliphatic heterocycles. The maximum atomic E-state index is 5.77. The summed E-state index contributed by atoms with van der Waals surface area (Å²) in [5, 5.41) is 0. The molecule has 90 valence electrons. The Balaban J connectivity index is 1.56. The number of hydrogen-bond donors (Lipinski definition) is 0. The van der Waals surface area contributed by atoms with E-state index in [4.69, 9.17) is 4.74 Å². The number of halogens is 1. The second-order valence-electron chi connectivity index (χ2n) is 5.80. The van der Waals surface area contributed by atoms with Crippen LogP contribution in [-0.4, -0.2) is 24.6 Å². The first-order valence-electron chi connectivity index (χ1n) is 6.41. The minimum Gasteiger partial charge on any atom is -0.493 e. The fourth-order valence-corrected chi connectivity index (χ4v) is 3.76. The van der Waals surface area contributed by atoms with Gasteiger partial charge < -0.3 is 4.74 Å². The molecule has 0 unspecified atom stereocenters. The van der Waals surface area contributed by atoms with Crippen LogP contribution in [0.2, 0.25) is 0 Å². The summed E-state index contributed by atoms with van der Waals surface area (Å²) in [6, 6.07) is 4.42. The molecule has 0 N–H and O–H groups in total. The molecule has 0 bridgehead atoms. The van der Waals surface area contributed by atoms with Crippen molar-refractivity contribution in [2.45, 2.75) is 25.8 Å². The lowest BCUT2D eigenvalue weighted by Crippen LogP contribution is -2.47. The van der Waals surface area contributed by atoms with Crippen LogP contribution < -0.4 is 4.74 Å². The Morgan fingerprint density at radius 1 is 1.29 bits per heavy atom. The van der Waals surface area contributed by atoms with Crippen LogP contribution in [0.4, 0.5) is 0 Å². The van der Waals surface area contributed by atoms with Crippen molar-refractivity contribution in [3.05, 3.63) is 27.7 Å². The van der Waals surface area contributed by atoms with Crippen LogP contribution in [0.15, 0.2) is 16.6 Å². The van der Waals surface area contributed by atoms with Gasteiger partial charge >= 0.3 is 0 Å². The van der Waals surface area contributed by atoms with Crippen LogP contribution in [0.5, 0.6) is 5.75 Å². The molecule has 0 atom stereocenters. The molecule has 2 heterocycles. The van der Waals surface area contributed by atoms with Gasteiger partial charge in [0.2, 0.25) is 0 Å². The van der Waals surface area contributed by atoms with Gasteiger partial charge in [-0.05, 0) is 36.0 Å². The van der Waals surface area contributed by atoms with Crippen molar-refractivity contribution in [1.29, 1.82) is 0 Å². The highest BCUT2D eigenvalue weighted by molar-refractivity contribution is 9.10. The number of hydrogen-bond acceptors (Lipinski definition) is 2. The first-order chi connectivity index (χ1) is 8.24. The van der Waals surface area contributed by atoms with E-state index >= 15 is 0 Å². The third kappa shape index (κ3) is 1.71. The Morgan fingerprint density at radius 2 is 2.12 bits per heavy atom.